The number of rotatable bonds is 15. The van der Waals surface area contributed by atoms with Crippen molar-refractivity contribution >= 4 is 14.3 Å². The van der Waals surface area contributed by atoms with E-state index in [-0.39, 0.29) is 29.7 Å². The molecular weight excluding hydrogens is 537 g/mol. The van der Waals surface area contributed by atoms with Crippen molar-refractivity contribution in [2.75, 3.05) is 32.9 Å². The minimum atomic E-state index is -2.06. The van der Waals surface area contributed by atoms with Crippen LogP contribution in [-0.4, -0.2) is 69.3 Å². The van der Waals surface area contributed by atoms with Crippen molar-refractivity contribution in [2.24, 2.45) is 0 Å². The molecule has 228 valence electrons. The van der Waals surface area contributed by atoms with Crippen LogP contribution in [0.25, 0.3) is 0 Å². The lowest BCUT2D eigenvalue weighted by Crippen LogP contribution is -2.49. The van der Waals surface area contributed by atoms with Gasteiger partial charge in [0, 0.05) is 12.6 Å². The molecule has 1 aliphatic heterocycles. The van der Waals surface area contributed by atoms with E-state index in [0.29, 0.717) is 31.2 Å². The Morgan fingerprint density at radius 3 is 2.61 bits per heavy atom. The summed E-state index contributed by atoms with van der Waals surface area (Å²) in [5, 5.41) is 8.92. The van der Waals surface area contributed by atoms with Gasteiger partial charge in [0.1, 0.15) is 12.4 Å². The molecule has 0 radical (unpaired) electrons. The summed E-state index contributed by atoms with van der Waals surface area (Å²) < 4.78 is 33.0. The van der Waals surface area contributed by atoms with E-state index in [9.17, 15) is 9.18 Å². The number of benzene rings is 2. The number of nitrogens with zero attached hydrogens (tertiary/aromatic N) is 1. The van der Waals surface area contributed by atoms with E-state index in [2.05, 4.69) is 51.8 Å². The number of carbonyl (C=O) groups is 1. The third kappa shape index (κ3) is 10.00. The third-order valence-corrected chi connectivity index (χ3v) is 13.2. The Morgan fingerprint density at radius 1 is 1.20 bits per heavy atom. The first-order chi connectivity index (χ1) is 19.3. The molecule has 0 spiro atoms. The number of ether oxygens (including phenoxy) is 2. The second-order valence-electron chi connectivity index (χ2n) is 12.9. The van der Waals surface area contributed by atoms with Gasteiger partial charge in [-0.2, -0.15) is 0 Å². The van der Waals surface area contributed by atoms with Gasteiger partial charge in [-0.25, -0.2) is 9.18 Å². The molecular formula is C33H50FNO5Si. The molecule has 1 aliphatic rings. The van der Waals surface area contributed by atoms with Crippen LogP contribution in [0, 0.1) is 12.7 Å². The van der Waals surface area contributed by atoms with E-state index in [4.69, 9.17) is 19.0 Å². The van der Waals surface area contributed by atoms with Crippen molar-refractivity contribution < 1.29 is 28.2 Å². The van der Waals surface area contributed by atoms with Crippen LogP contribution in [0.4, 0.5) is 4.39 Å². The second kappa shape index (κ2) is 14.9. The molecule has 0 aliphatic carbocycles. The van der Waals surface area contributed by atoms with E-state index in [1.165, 1.54) is 0 Å². The number of hydrogen-bond acceptors (Lipinski definition) is 5. The summed E-state index contributed by atoms with van der Waals surface area (Å²) in [7, 11) is -2.06. The molecule has 1 heterocycles. The highest BCUT2D eigenvalue weighted by Crippen LogP contribution is 2.38. The van der Waals surface area contributed by atoms with Crippen LogP contribution < -0.4 is 0 Å². The van der Waals surface area contributed by atoms with Gasteiger partial charge in [0.15, 0.2) is 8.32 Å². The topological polar surface area (TPSA) is 68.2 Å². The van der Waals surface area contributed by atoms with Crippen LogP contribution in [0.15, 0.2) is 42.5 Å². The van der Waals surface area contributed by atoms with Gasteiger partial charge in [-0.1, -0.05) is 57.2 Å². The Balaban J connectivity index is 1.70. The third-order valence-electron chi connectivity index (χ3n) is 8.68. The highest BCUT2D eigenvalue weighted by molar-refractivity contribution is 6.74. The Hall–Kier alpha value is -2.10. The van der Waals surface area contributed by atoms with Gasteiger partial charge in [0.2, 0.25) is 0 Å². The van der Waals surface area contributed by atoms with Crippen molar-refractivity contribution in [3.8, 4) is 0 Å². The monoisotopic (exact) mass is 587 g/mol. The van der Waals surface area contributed by atoms with Crippen LogP contribution in [0.3, 0.4) is 0 Å². The predicted molar refractivity (Wildman–Crippen MR) is 164 cm³/mol. The maximum absolute atomic E-state index is 14.2. The maximum atomic E-state index is 14.2. The molecule has 0 saturated carbocycles. The molecule has 1 fully saturated rings. The minimum absolute atomic E-state index is 0.0727. The number of aliphatic carboxylic acids is 1. The number of aryl methyl sites for hydroxylation is 1. The zero-order chi connectivity index (χ0) is 30.2. The average molecular weight is 588 g/mol. The molecule has 1 N–H and O–H groups in total. The van der Waals surface area contributed by atoms with Crippen LogP contribution in [0.5, 0.6) is 0 Å². The number of likely N-dealkylation sites (tertiary alicyclic amines) is 1. The fourth-order valence-electron chi connectivity index (χ4n) is 5.22. The van der Waals surface area contributed by atoms with Gasteiger partial charge >= 0.3 is 5.97 Å². The van der Waals surface area contributed by atoms with Crippen molar-refractivity contribution in [2.45, 2.75) is 96.7 Å². The summed E-state index contributed by atoms with van der Waals surface area (Å²) in [6.07, 6.45) is 3.44. The van der Waals surface area contributed by atoms with E-state index >= 15 is 0 Å². The highest BCUT2D eigenvalue weighted by atomic mass is 28.4. The van der Waals surface area contributed by atoms with Crippen molar-refractivity contribution in [1.29, 1.82) is 0 Å². The van der Waals surface area contributed by atoms with Crippen LogP contribution in [-0.2, 0) is 31.5 Å². The standard InChI is InChI=1S/C33H50FNO5Si/c1-24-14-15-26(20-31(24)34)19-28-12-10-17-35(28)21-29(40-41(6,7)33(3,4)5)22-39-25(2)30-13-9-8-11-27(30)16-18-38-23-32(36)37/h8-9,11,13-15,20,25,28-29H,10,12,16-19,21-23H2,1-7H3,(H,36,37)/t25-,28+,29-/m1/s1. The number of hydrogen-bond donors (Lipinski definition) is 1. The molecule has 0 aromatic heterocycles. The summed E-state index contributed by atoms with van der Waals surface area (Å²) in [4.78, 5) is 13.3. The van der Waals surface area contributed by atoms with Crippen LogP contribution in [0.1, 0.15) is 68.9 Å². The van der Waals surface area contributed by atoms with Gasteiger partial charge < -0.3 is 19.0 Å². The molecule has 0 bridgehead atoms. The summed E-state index contributed by atoms with van der Waals surface area (Å²) >= 11 is 0. The van der Waals surface area contributed by atoms with Crippen molar-refractivity contribution in [3.05, 3.63) is 70.5 Å². The number of halogens is 1. The molecule has 41 heavy (non-hydrogen) atoms. The van der Waals surface area contributed by atoms with Crippen LogP contribution in [0.2, 0.25) is 18.1 Å². The van der Waals surface area contributed by atoms with Gasteiger partial charge in [-0.05, 0) is 92.5 Å². The zero-order valence-electron chi connectivity index (χ0n) is 26.0. The molecule has 2 aromatic rings. The quantitative estimate of drug-likeness (QED) is 0.180. The van der Waals surface area contributed by atoms with E-state index in [1.807, 2.05) is 30.3 Å². The average Bonchev–Trinajstić information content (AvgIpc) is 3.32. The molecule has 8 heteroatoms. The maximum Gasteiger partial charge on any atom is 0.329 e. The predicted octanol–water partition coefficient (Wildman–Crippen LogP) is 6.95. The molecule has 6 nitrogen and oxygen atoms in total. The van der Waals surface area contributed by atoms with Gasteiger partial charge in [0.05, 0.1) is 25.4 Å². The Bertz CT molecular complexity index is 1130. The largest absolute Gasteiger partial charge is 0.480 e. The molecule has 1 saturated heterocycles. The highest BCUT2D eigenvalue weighted by Gasteiger charge is 2.40. The Kier molecular flexibility index (Phi) is 12.1. The first-order valence-corrected chi connectivity index (χ1v) is 17.8. The molecule has 2 aromatic carbocycles. The zero-order valence-corrected chi connectivity index (χ0v) is 27.0. The van der Waals surface area contributed by atoms with Crippen molar-refractivity contribution in [1.82, 2.24) is 4.90 Å². The summed E-state index contributed by atoms with van der Waals surface area (Å²) in [5.41, 5.74) is 3.90. The first-order valence-electron chi connectivity index (χ1n) is 14.9. The molecule has 3 rings (SSSR count). The fourth-order valence-corrected chi connectivity index (χ4v) is 6.55. The fraction of sp³-hybridized carbons (Fsp3) is 0.606. The van der Waals surface area contributed by atoms with E-state index in [1.54, 1.807) is 13.0 Å². The van der Waals surface area contributed by atoms with Crippen LogP contribution >= 0.6 is 0 Å². The Morgan fingerprint density at radius 2 is 1.93 bits per heavy atom. The normalized spacial score (nSPS) is 18.0. The Labute approximate surface area is 247 Å². The molecule has 0 unspecified atom stereocenters. The van der Waals surface area contributed by atoms with E-state index in [0.717, 1.165) is 49.0 Å². The van der Waals surface area contributed by atoms with E-state index < -0.39 is 14.3 Å². The van der Waals surface area contributed by atoms with Gasteiger partial charge in [-0.15, -0.1) is 0 Å². The minimum Gasteiger partial charge on any atom is -0.480 e. The summed E-state index contributed by atoms with van der Waals surface area (Å²) in [6.45, 7) is 17.5. The van der Waals surface area contributed by atoms with Gasteiger partial charge in [-0.3, -0.25) is 4.90 Å². The number of carboxylic acids is 1. The lowest BCUT2D eigenvalue weighted by molar-refractivity contribution is -0.142. The first kappa shape index (κ1) is 33.4. The summed E-state index contributed by atoms with van der Waals surface area (Å²) in [6, 6.07) is 14.1. The smallest absolute Gasteiger partial charge is 0.329 e. The molecule has 3 atom stereocenters. The SMILES string of the molecule is Cc1ccc(C[C@@H]2CCCN2C[C@H](CO[C@H](C)c2ccccc2CCOCC(=O)O)O[Si](C)(C)C(C)(C)C)cc1F. The summed E-state index contributed by atoms with van der Waals surface area (Å²) in [5.74, 6) is -1.10. The van der Waals surface area contributed by atoms with Gasteiger partial charge in [0.25, 0.3) is 0 Å². The lowest BCUT2D eigenvalue weighted by atomic mass is 10.0. The second-order valence-corrected chi connectivity index (χ2v) is 17.7. The van der Waals surface area contributed by atoms with Crippen molar-refractivity contribution in [3.63, 3.8) is 0 Å². The number of carboxylic acid groups (broad SMARTS) is 1. The lowest BCUT2D eigenvalue weighted by Gasteiger charge is -2.41. The molecule has 0 amide bonds.